The van der Waals surface area contributed by atoms with Gasteiger partial charge in [0, 0.05) is 13.1 Å². The largest absolute Gasteiger partial charge is 0.443 e. The first-order chi connectivity index (χ1) is 11.3. The molecule has 0 N–H and O–H groups in total. The van der Waals surface area contributed by atoms with E-state index in [4.69, 9.17) is 21.1 Å². The van der Waals surface area contributed by atoms with Gasteiger partial charge in [0.15, 0.2) is 5.65 Å². The number of morpholine rings is 1. The molecule has 0 aromatic carbocycles. The van der Waals surface area contributed by atoms with E-state index < -0.39 is 11.7 Å². The van der Waals surface area contributed by atoms with Crippen molar-refractivity contribution in [3.05, 3.63) is 23.1 Å². The average Bonchev–Trinajstić information content (AvgIpc) is 2.83. The second-order valence-electron chi connectivity index (χ2n) is 6.71. The fraction of sp³-hybridized carbons (Fsp3) is 0.562. The summed E-state index contributed by atoms with van der Waals surface area (Å²) in [7, 11) is 0. The maximum absolute atomic E-state index is 12.7. The van der Waals surface area contributed by atoms with E-state index in [1.54, 1.807) is 12.1 Å². The molecule has 0 spiro atoms. The Bertz CT molecular complexity index is 748. The van der Waals surface area contributed by atoms with Crippen molar-refractivity contribution in [2.24, 2.45) is 0 Å². The number of imidazole rings is 1. The van der Waals surface area contributed by atoms with Gasteiger partial charge >= 0.3 is 6.09 Å². The second kappa shape index (κ2) is 6.66. The number of fused-ring (bicyclic) bond motifs is 1. The van der Waals surface area contributed by atoms with Crippen LogP contribution in [0, 0.1) is 0 Å². The maximum Gasteiger partial charge on any atom is 0.420 e. The Morgan fingerprint density at radius 3 is 2.67 bits per heavy atom. The number of ether oxygens (including phenoxy) is 2. The van der Waals surface area contributed by atoms with Crippen LogP contribution in [-0.2, 0) is 16.0 Å². The molecule has 0 atom stereocenters. The number of hydrogen-bond acceptors (Lipinski definition) is 6. The van der Waals surface area contributed by atoms with Gasteiger partial charge in [0.2, 0.25) is 0 Å². The van der Waals surface area contributed by atoms with Gasteiger partial charge in [-0.15, -0.1) is 0 Å². The van der Waals surface area contributed by atoms with E-state index in [9.17, 15) is 4.79 Å². The third kappa shape index (κ3) is 3.85. The van der Waals surface area contributed by atoms with E-state index in [2.05, 4.69) is 14.9 Å². The van der Waals surface area contributed by atoms with Crippen molar-refractivity contribution >= 4 is 28.9 Å². The molecule has 3 heterocycles. The molecule has 0 aliphatic carbocycles. The first-order valence-corrected chi connectivity index (χ1v) is 8.28. The van der Waals surface area contributed by atoms with Crippen LogP contribution in [-0.4, -0.2) is 57.4 Å². The molecule has 0 saturated carbocycles. The van der Waals surface area contributed by atoms with E-state index >= 15 is 0 Å². The fourth-order valence-corrected chi connectivity index (χ4v) is 2.71. The van der Waals surface area contributed by atoms with E-state index in [0.29, 0.717) is 41.9 Å². The minimum absolute atomic E-state index is 0.342. The van der Waals surface area contributed by atoms with Crippen LogP contribution in [0.3, 0.4) is 0 Å². The van der Waals surface area contributed by atoms with Crippen molar-refractivity contribution in [3.63, 3.8) is 0 Å². The van der Waals surface area contributed by atoms with Crippen LogP contribution in [0.4, 0.5) is 4.79 Å². The normalized spacial score (nSPS) is 16.5. The van der Waals surface area contributed by atoms with Crippen LogP contribution in [0.1, 0.15) is 26.6 Å². The molecule has 7 nitrogen and oxygen atoms in total. The minimum atomic E-state index is -0.593. The van der Waals surface area contributed by atoms with Crippen LogP contribution < -0.4 is 0 Å². The van der Waals surface area contributed by atoms with Crippen molar-refractivity contribution in [1.29, 1.82) is 0 Å². The van der Waals surface area contributed by atoms with Crippen LogP contribution in [0.2, 0.25) is 5.15 Å². The molecule has 8 heteroatoms. The predicted octanol–water partition coefficient (Wildman–Crippen LogP) is 2.70. The third-order valence-corrected chi connectivity index (χ3v) is 3.81. The number of rotatable bonds is 2. The number of halogens is 1. The first-order valence-electron chi connectivity index (χ1n) is 7.91. The lowest BCUT2D eigenvalue weighted by Crippen LogP contribution is -2.37. The van der Waals surface area contributed by atoms with E-state index in [1.165, 1.54) is 4.57 Å². The smallest absolute Gasteiger partial charge is 0.420 e. The molecular weight excluding hydrogens is 332 g/mol. The van der Waals surface area contributed by atoms with Gasteiger partial charge in [0.25, 0.3) is 0 Å². The number of carbonyl (C=O) groups excluding carboxylic acids is 1. The first kappa shape index (κ1) is 17.1. The fourth-order valence-electron chi connectivity index (χ4n) is 2.56. The molecule has 0 radical (unpaired) electrons. The van der Waals surface area contributed by atoms with Crippen molar-refractivity contribution in [1.82, 2.24) is 19.4 Å². The average molecular weight is 353 g/mol. The lowest BCUT2D eigenvalue weighted by atomic mass is 10.2. The Hall–Kier alpha value is -1.70. The zero-order valence-corrected chi connectivity index (χ0v) is 14.8. The molecule has 0 bridgehead atoms. The van der Waals surface area contributed by atoms with Gasteiger partial charge in [-0.05, 0) is 32.9 Å². The highest BCUT2D eigenvalue weighted by atomic mass is 35.5. The number of carbonyl (C=O) groups is 1. The standard InChI is InChI=1S/C16H21ClN4O3/c1-16(2,3)24-15(22)21-11-4-5-12(17)18-14(11)19-13(21)10-20-6-8-23-9-7-20/h4-5H,6-10H2,1-3H3. The van der Waals surface area contributed by atoms with Crippen LogP contribution >= 0.6 is 11.6 Å². The van der Waals surface area contributed by atoms with Crippen LogP contribution in [0.15, 0.2) is 12.1 Å². The summed E-state index contributed by atoms with van der Waals surface area (Å²) in [4.78, 5) is 23.6. The van der Waals surface area contributed by atoms with E-state index in [0.717, 1.165) is 13.1 Å². The summed E-state index contributed by atoms with van der Waals surface area (Å²) in [6, 6.07) is 3.38. The predicted molar refractivity (Wildman–Crippen MR) is 90.3 cm³/mol. The molecule has 1 aliphatic heterocycles. The SMILES string of the molecule is CC(C)(C)OC(=O)n1c(CN2CCOCC2)nc2nc(Cl)ccc21. The Morgan fingerprint density at radius 1 is 1.29 bits per heavy atom. The van der Waals surface area contributed by atoms with Gasteiger partial charge < -0.3 is 9.47 Å². The topological polar surface area (TPSA) is 69.5 Å². The van der Waals surface area contributed by atoms with Gasteiger partial charge in [-0.3, -0.25) is 4.90 Å². The molecule has 0 amide bonds. The monoisotopic (exact) mass is 352 g/mol. The minimum Gasteiger partial charge on any atom is -0.443 e. The molecule has 3 rings (SSSR count). The molecular formula is C16H21ClN4O3. The summed E-state index contributed by atoms with van der Waals surface area (Å²) >= 11 is 5.95. The Balaban J connectivity index is 1.99. The van der Waals surface area contributed by atoms with Gasteiger partial charge in [0.1, 0.15) is 16.6 Å². The molecule has 130 valence electrons. The van der Waals surface area contributed by atoms with Gasteiger partial charge in [-0.1, -0.05) is 11.6 Å². The highest BCUT2D eigenvalue weighted by Crippen LogP contribution is 2.21. The number of hydrogen-bond donors (Lipinski definition) is 0. The van der Waals surface area contributed by atoms with Crippen LogP contribution in [0.5, 0.6) is 0 Å². The van der Waals surface area contributed by atoms with Gasteiger partial charge in [-0.2, -0.15) is 0 Å². The number of aromatic nitrogens is 3. The molecule has 1 saturated heterocycles. The lowest BCUT2D eigenvalue weighted by molar-refractivity contribution is 0.0314. The summed E-state index contributed by atoms with van der Waals surface area (Å²) in [6.45, 7) is 8.98. The van der Waals surface area contributed by atoms with E-state index in [1.807, 2.05) is 20.8 Å². The third-order valence-electron chi connectivity index (χ3n) is 3.60. The van der Waals surface area contributed by atoms with Crippen molar-refractivity contribution in [2.45, 2.75) is 32.9 Å². The quantitative estimate of drug-likeness (QED) is 0.774. The lowest BCUT2D eigenvalue weighted by Gasteiger charge is -2.26. The van der Waals surface area contributed by atoms with Gasteiger partial charge in [0.05, 0.1) is 25.3 Å². The highest BCUT2D eigenvalue weighted by Gasteiger charge is 2.25. The molecule has 1 aliphatic rings. The van der Waals surface area contributed by atoms with Crippen LogP contribution in [0.25, 0.3) is 11.2 Å². The molecule has 2 aromatic heterocycles. The van der Waals surface area contributed by atoms with Crippen molar-refractivity contribution in [3.8, 4) is 0 Å². The Labute approximate surface area is 145 Å². The maximum atomic E-state index is 12.7. The summed E-state index contributed by atoms with van der Waals surface area (Å²) < 4.78 is 12.4. The Morgan fingerprint density at radius 2 is 2.00 bits per heavy atom. The molecule has 1 fully saturated rings. The zero-order chi connectivity index (χ0) is 17.3. The van der Waals surface area contributed by atoms with E-state index in [-0.39, 0.29) is 0 Å². The Kier molecular flexibility index (Phi) is 4.76. The highest BCUT2D eigenvalue weighted by molar-refractivity contribution is 6.29. The zero-order valence-electron chi connectivity index (χ0n) is 14.1. The van der Waals surface area contributed by atoms with Crippen molar-refractivity contribution < 1.29 is 14.3 Å². The second-order valence-corrected chi connectivity index (χ2v) is 7.10. The molecule has 24 heavy (non-hydrogen) atoms. The number of nitrogens with zero attached hydrogens (tertiary/aromatic N) is 4. The number of pyridine rings is 1. The summed E-state index contributed by atoms with van der Waals surface area (Å²) in [5.41, 5.74) is 0.442. The summed E-state index contributed by atoms with van der Waals surface area (Å²) in [5, 5.41) is 0.342. The summed E-state index contributed by atoms with van der Waals surface area (Å²) in [6.07, 6.45) is -0.461. The van der Waals surface area contributed by atoms with Crippen molar-refractivity contribution in [2.75, 3.05) is 26.3 Å². The van der Waals surface area contributed by atoms with Gasteiger partial charge in [-0.25, -0.2) is 19.3 Å². The molecule has 2 aromatic rings. The summed E-state index contributed by atoms with van der Waals surface area (Å²) in [5.74, 6) is 0.593. The molecule has 0 unspecified atom stereocenters.